The van der Waals surface area contributed by atoms with Crippen LogP contribution in [0, 0.1) is 0 Å². The van der Waals surface area contributed by atoms with Crippen molar-refractivity contribution in [1.29, 1.82) is 0 Å². The van der Waals surface area contributed by atoms with Crippen molar-refractivity contribution in [3.8, 4) is 0 Å². The van der Waals surface area contributed by atoms with Crippen LogP contribution in [0.4, 0.5) is 0 Å². The predicted molar refractivity (Wildman–Crippen MR) is 135 cm³/mol. The molecule has 1 unspecified atom stereocenters. The van der Waals surface area contributed by atoms with Crippen LogP contribution < -0.4 is 0 Å². The number of hydrogen-bond acceptors (Lipinski definition) is 4. The molecule has 0 aromatic rings. The highest BCUT2D eigenvalue weighted by Crippen LogP contribution is 2.13. The molecule has 188 valence electrons. The number of rotatable bonds is 23. The van der Waals surface area contributed by atoms with Crippen LogP contribution in [-0.2, 0) is 19.1 Å². The monoisotopic (exact) mass is 452 g/mol. The van der Waals surface area contributed by atoms with E-state index in [1.54, 1.807) is 0 Å². The third-order valence-corrected chi connectivity index (χ3v) is 5.95. The molecule has 4 nitrogen and oxygen atoms in total. The van der Waals surface area contributed by atoms with E-state index in [1.807, 2.05) is 6.92 Å². The number of carbonyl (C=O) groups is 2. The van der Waals surface area contributed by atoms with Gasteiger partial charge in [0.1, 0.15) is 6.10 Å². The Balaban J connectivity index is 3.40. The average Bonchev–Trinajstić information content (AvgIpc) is 2.79. The molecule has 0 fully saturated rings. The highest BCUT2D eigenvalue weighted by Gasteiger charge is 2.09. The lowest BCUT2D eigenvalue weighted by Crippen LogP contribution is -2.16. The zero-order valence-electron chi connectivity index (χ0n) is 21.5. The van der Waals surface area contributed by atoms with Gasteiger partial charge in [-0.15, -0.1) is 0 Å². The van der Waals surface area contributed by atoms with Gasteiger partial charge in [-0.2, -0.15) is 0 Å². The largest absolute Gasteiger partial charge is 0.463 e. The molecule has 0 rings (SSSR count). The van der Waals surface area contributed by atoms with E-state index >= 15 is 0 Å². The summed E-state index contributed by atoms with van der Waals surface area (Å²) in [6.07, 6.45) is 26.0. The average molecular weight is 453 g/mol. The molecule has 0 aromatic heterocycles. The molecule has 0 aliphatic carbocycles. The Hall–Kier alpha value is -1.32. The van der Waals surface area contributed by atoms with Gasteiger partial charge < -0.3 is 9.47 Å². The van der Waals surface area contributed by atoms with E-state index in [4.69, 9.17) is 9.47 Å². The number of hydrogen-bond donors (Lipinski definition) is 0. The molecule has 0 bridgehead atoms. The van der Waals surface area contributed by atoms with Crippen LogP contribution >= 0.6 is 0 Å². The molecule has 0 saturated carbocycles. The van der Waals surface area contributed by atoms with Crippen molar-refractivity contribution in [2.24, 2.45) is 0 Å². The SMILES string of the molecule is CCCCCCCCCCCCCCCCCCOC(=O)/C=C/C(=O)OC(CC)CCC. The molecule has 0 aliphatic rings. The molecule has 0 spiro atoms. The van der Waals surface area contributed by atoms with E-state index in [-0.39, 0.29) is 6.10 Å². The summed E-state index contributed by atoms with van der Waals surface area (Å²) >= 11 is 0. The molecule has 0 aliphatic heterocycles. The van der Waals surface area contributed by atoms with Crippen molar-refractivity contribution in [1.82, 2.24) is 0 Å². The fraction of sp³-hybridized carbons (Fsp3) is 0.857. The van der Waals surface area contributed by atoms with Gasteiger partial charge in [0.05, 0.1) is 6.61 Å². The van der Waals surface area contributed by atoms with Crippen LogP contribution in [-0.4, -0.2) is 24.6 Å². The van der Waals surface area contributed by atoms with E-state index in [9.17, 15) is 9.59 Å². The quantitative estimate of drug-likeness (QED) is 0.0886. The first-order valence-electron chi connectivity index (χ1n) is 13.7. The lowest BCUT2D eigenvalue weighted by molar-refractivity contribution is -0.144. The molecule has 0 saturated heterocycles. The van der Waals surface area contributed by atoms with Crippen LogP contribution in [0.25, 0.3) is 0 Å². The number of ether oxygens (including phenoxy) is 2. The fourth-order valence-corrected chi connectivity index (χ4v) is 3.88. The molecule has 0 heterocycles. The summed E-state index contributed by atoms with van der Waals surface area (Å²) < 4.78 is 10.5. The van der Waals surface area contributed by atoms with E-state index in [2.05, 4.69) is 13.8 Å². The van der Waals surface area contributed by atoms with Gasteiger partial charge in [-0.25, -0.2) is 9.59 Å². The number of carbonyl (C=O) groups excluding carboxylic acids is 2. The third-order valence-electron chi connectivity index (χ3n) is 5.95. The molecule has 0 aromatic carbocycles. The van der Waals surface area contributed by atoms with Crippen molar-refractivity contribution in [3.63, 3.8) is 0 Å². The number of esters is 2. The minimum absolute atomic E-state index is 0.0710. The zero-order valence-corrected chi connectivity index (χ0v) is 21.5. The van der Waals surface area contributed by atoms with Crippen LogP contribution in [0.5, 0.6) is 0 Å². The highest BCUT2D eigenvalue weighted by molar-refractivity contribution is 5.91. The zero-order chi connectivity index (χ0) is 23.7. The number of unbranched alkanes of at least 4 members (excludes halogenated alkanes) is 15. The summed E-state index contributed by atoms with van der Waals surface area (Å²) in [5.74, 6) is -0.934. The predicted octanol–water partition coefficient (Wildman–Crippen LogP) is 8.47. The van der Waals surface area contributed by atoms with Crippen LogP contribution in [0.2, 0.25) is 0 Å². The van der Waals surface area contributed by atoms with E-state index < -0.39 is 11.9 Å². The standard InChI is InChI=1S/C28H52O4/c1-4-7-8-9-10-11-12-13-14-15-16-17-18-19-20-21-25-31-27(29)23-24-28(30)32-26(6-3)22-5-2/h23-24,26H,4-22,25H2,1-3H3/b24-23+. The van der Waals surface area contributed by atoms with Crippen LogP contribution in [0.1, 0.15) is 143 Å². The second-order valence-electron chi connectivity index (χ2n) is 9.06. The smallest absolute Gasteiger partial charge is 0.331 e. The molecule has 32 heavy (non-hydrogen) atoms. The Bertz CT molecular complexity index is 458. The topological polar surface area (TPSA) is 52.6 Å². The van der Waals surface area contributed by atoms with Crippen molar-refractivity contribution in [3.05, 3.63) is 12.2 Å². The summed E-state index contributed by atoms with van der Waals surface area (Å²) in [6, 6.07) is 0. The Labute approximate surface area is 198 Å². The Morgan fingerprint density at radius 2 is 1.03 bits per heavy atom. The lowest BCUT2D eigenvalue weighted by atomic mass is 10.0. The van der Waals surface area contributed by atoms with Crippen molar-refractivity contribution in [2.75, 3.05) is 6.61 Å². The third kappa shape index (κ3) is 21.9. The van der Waals surface area contributed by atoms with Gasteiger partial charge in [-0.1, -0.05) is 124 Å². The van der Waals surface area contributed by atoms with Gasteiger partial charge in [0.25, 0.3) is 0 Å². The molecular weight excluding hydrogens is 400 g/mol. The van der Waals surface area contributed by atoms with Gasteiger partial charge in [-0.3, -0.25) is 0 Å². The summed E-state index contributed by atoms with van der Waals surface area (Å²) in [5.41, 5.74) is 0. The normalized spacial score (nSPS) is 12.2. The first kappa shape index (κ1) is 30.7. The van der Waals surface area contributed by atoms with Crippen molar-refractivity contribution >= 4 is 11.9 Å². The summed E-state index contributed by atoms with van der Waals surface area (Å²) in [7, 11) is 0. The van der Waals surface area contributed by atoms with Crippen molar-refractivity contribution < 1.29 is 19.1 Å². The van der Waals surface area contributed by atoms with Crippen LogP contribution in [0.15, 0.2) is 12.2 Å². The second-order valence-corrected chi connectivity index (χ2v) is 9.06. The van der Waals surface area contributed by atoms with Crippen molar-refractivity contribution in [2.45, 2.75) is 149 Å². The van der Waals surface area contributed by atoms with Gasteiger partial charge in [0, 0.05) is 12.2 Å². The lowest BCUT2D eigenvalue weighted by Gasteiger charge is -2.13. The first-order chi connectivity index (χ1) is 15.6. The molecular formula is C28H52O4. The van der Waals surface area contributed by atoms with Gasteiger partial charge in [0.2, 0.25) is 0 Å². The maximum absolute atomic E-state index is 11.7. The second kappa shape index (κ2) is 24.3. The van der Waals surface area contributed by atoms with Gasteiger partial charge >= 0.3 is 11.9 Å². The Morgan fingerprint density at radius 1 is 0.594 bits per heavy atom. The maximum atomic E-state index is 11.7. The molecule has 0 radical (unpaired) electrons. The minimum Gasteiger partial charge on any atom is -0.463 e. The van der Waals surface area contributed by atoms with Gasteiger partial charge in [0.15, 0.2) is 0 Å². The summed E-state index contributed by atoms with van der Waals surface area (Å²) in [5, 5.41) is 0. The van der Waals surface area contributed by atoms with E-state index in [1.165, 1.54) is 102 Å². The fourth-order valence-electron chi connectivity index (χ4n) is 3.88. The molecule has 1 atom stereocenters. The molecule has 0 N–H and O–H groups in total. The molecule has 4 heteroatoms. The maximum Gasteiger partial charge on any atom is 0.331 e. The van der Waals surface area contributed by atoms with E-state index in [0.29, 0.717) is 6.61 Å². The Morgan fingerprint density at radius 3 is 1.47 bits per heavy atom. The van der Waals surface area contributed by atoms with Gasteiger partial charge in [-0.05, 0) is 19.3 Å². The highest BCUT2D eigenvalue weighted by atomic mass is 16.5. The summed E-state index contributed by atoms with van der Waals surface area (Å²) in [6.45, 7) is 6.74. The minimum atomic E-state index is -0.468. The first-order valence-corrected chi connectivity index (χ1v) is 13.7. The Kier molecular flexibility index (Phi) is 23.3. The van der Waals surface area contributed by atoms with E-state index in [0.717, 1.165) is 32.1 Å². The summed E-state index contributed by atoms with van der Waals surface area (Å²) in [4.78, 5) is 23.4. The molecule has 0 amide bonds. The van der Waals surface area contributed by atoms with Crippen LogP contribution in [0.3, 0.4) is 0 Å².